The van der Waals surface area contributed by atoms with Gasteiger partial charge in [-0.05, 0) is 33.0 Å². The fourth-order valence-corrected chi connectivity index (χ4v) is 1.64. The predicted octanol–water partition coefficient (Wildman–Crippen LogP) is 1.78. The number of hydrogen-bond donors (Lipinski definition) is 1. The smallest absolute Gasteiger partial charge is 0.119 e. The Labute approximate surface area is 115 Å². The van der Waals surface area contributed by atoms with Crippen LogP contribution in [-0.4, -0.2) is 55.6 Å². The van der Waals surface area contributed by atoms with Gasteiger partial charge < -0.3 is 19.5 Å². The Morgan fingerprint density at radius 2 is 1.89 bits per heavy atom. The lowest BCUT2D eigenvalue weighted by molar-refractivity contribution is -0.00649. The van der Waals surface area contributed by atoms with Crippen molar-refractivity contribution in [3.63, 3.8) is 0 Å². The summed E-state index contributed by atoms with van der Waals surface area (Å²) < 4.78 is 11.0. The van der Waals surface area contributed by atoms with Crippen LogP contribution in [0.5, 0.6) is 5.75 Å². The van der Waals surface area contributed by atoms with Gasteiger partial charge in [0.2, 0.25) is 0 Å². The lowest BCUT2D eigenvalue weighted by atomic mass is 10.3. The summed E-state index contributed by atoms with van der Waals surface area (Å²) in [5, 5.41) is 9.78. The molecule has 0 amide bonds. The van der Waals surface area contributed by atoms with Gasteiger partial charge in [0.1, 0.15) is 12.4 Å². The van der Waals surface area contributed by atoms with E-state index in [-0.39, 0.29) is 6.10 Å². The van der Waals surface area contributed by atoms with Gasteiger partial charge in [0.25, 0.3) is 0 Å². The molecule has 0 aliphatic carbocycles. The zero-order chi connectivity index (χ0) is 14.1. The molecule has 1 atom stereocenters. The first kappa shape index (κ1) is 16.0. The topological polar surface area (TPSA) is 41.9 Å². The maximum Gasteiger partial charge on any atom is 0.119 e. The molecule has 4 heteroatoms. The molecule has 4 nitrogen and oxygen atoms in total. The van der Waals surface area contributed by atoms with Crippen LogP contribution in [0, 0.1) is 0 Å². The van der Waals surface area contributed by atoms with Gasteiger partial charge in [-0.25, -0.2) is 0 Å². The molecule has 0 aliphatic heterocycles. The minimum atomic E-state index is -0.455. The number of nitrogens with zero attached hydrogens (tertiary/aromatic N) is 1. The van der Waals surface area contributed by atoms with Crippen LogP contribution in [0.4, 0.5) is 0 Å². The molecule has 0 saturated carbocycles. The Hall–Kier alpha value is -1.10. The average Bonchev–Trinajstić information content (AvgIpc) is 2.37. The van der Waals surface area contributed by atoms with Gasteiger partial charge >= 0.3 is 0 Å². The molecule has 0 saturated heterocycles. The number of benzene rings is 1. The van der Waals surface area contributed by atoms with E-state index in [1.165, 1.54) is 0 Å². The van der Waals surface area contributed by atoms with Crippen molar-refractivity contribution in [1.82, 2.24) is 4.90 Å². The zero-order valence-electron chi connectivity index (χ0n) is 12.1. The molecule has 0 radical (unpaired) electrons. The van der Waals surface area contributed by atoms with Crippen molar-refractivity contribution in [2.75, 3.05) is 33.4 Å². The lowest BCUT2D eigenvalue weighted by Gasteiger charge is -2.21. The highest BCUT2D eigenvalue weighted by molar-refractivity contribution is 5.20. The largest absolute Gasteiger partial charge is 0.492 e. The lowest BCUT2D eigenvalue weighted by Crippen LogP contribution is -2.35. The predicted molar refractivity (Wildman–Crippen MR) is 76.5 cm³/mol. The van der Waals surface area contributed by atoms with Crippen molar-refractivity contribution in [3.8, 4) is 5.75 Å². The molecule has 0 bridgehead atoms. The molecule has 1 aromatic rings. The van der Waals surface area contributed by atoms with Crippen LogP contribution in [0.1, 0.15) is 13.8 Å². The highest BCUT2D eigenvalue weighted by atomic mass is 16.5. The second-order valence-electron chi connectivity index (χ2n) is 4.96. The van der Waals surface area contributed by atoms with E-state index in [0.717, 1.165) is 12.3 Å². The third-order valence-electron chi connectivity index (χ3n) is 2.63. The van der Waals surface area contributed by atoms with Crippen molar-refractivity contribution in [1.29, 1.82) is 0 Å². The van der Waals surface area contributed by atoms with E-state index in [1.54, 1.807) is 0 Å². The fourth-order valence-electron chi connectivity index (χ4n) is 1.64. The number of aliphatic hydroxyl groups is 1. The van der Waals surface area contributed by atoms with E-state index in [2.05, 4.69) is 0 Å². The van der Waals surface area contributed by atoms with Crippen molar-refractivity contribution >= 4 is 0 Å². The molecule has 1 N–H and O–H groups in total. The summed E-state index contributed by atoms with van der Waals surface area (Å²) in [6.45, 7) is 6.27. The minimum Gasteiger partial charge on any atom is -0.492 e. The molecule has 1 aromatic carbocycles. The van der Waals surface area contributed by atoms with Gasteiger partial charge in [-0.15, -0.1) is 0 Å². The highest BCUT2D eigenvalue weighted by Crippen LogP contribution is 2.07. The first-order valence-electron chi connectivity index (χ1n) is 6.74. The van der Waals surface area contributed by atoms with Crippen LogP contribution in [0.15, 0.2) is 30.3 Å². The van der Waals surface area contributed by atoms with Gasteiger partial charge in [0.05, 0.1) is 18.8 Å². The summed E-state index contributed by atoms with van der Waals surface area (Å²) >= 11 is 0. The number of para-hydroxylation sites is 1. The molecule has 0 unspecified atom stereocenters. The van der Waals surface area contributed by atoms with Gasteiger partial charge in [0, 0.05) is 13.1 Å². The Morgan fingerprint density at radius 3 is 2.53 bits per heavy atom. The normalized spacial score (nSPS) is 12.9. The van der Waals surface area contributed by atoms with Crippen LogP contribution in [0.2, 0.25) is 0 Å². The van der Waals surface area contributed by atoms with Crippen LogP contribution in [0.25, 0.3) is 0 Å². The summed E-state index contributed by atoms with van der Waals surface area (Å²) in [5.74, 6) is 0.875. The summed E-state index contributed by atoms with van der Waals surface area (Å²) in [7, 11) is 1.97. The zero-order valence-corrected chi connectivity index (χ0v) is 12.1. The second-order valence-corrected chi connectivity index (χ2v) is 4.96. The summed E-state index contributed by atoms with van der Waals surface area (Å²) in [4.78, 5) is 2.04. The number of ether oxygens (including phenoxy) is 2. The molecule has 108 valence electrons. The molecule has 19 heavy (non-hydrogen) atoms. The fraction of sp³-hybridized carbons (Fsp3) is 0.600. The minimum absolute atomic E-state index is 0.154. The Morgan fingerprint density at radius 1 is 1.21 bits per heavy atom. The standard InChI is InChI=1S/C15H25NO3/c1-13(2)19-12-14(17)11-16(3)9-10-18-15-7-5-4-6-8-15/h4-8,13-14,17H,9-12H2,1-3H3/t14-/m0/s1. The van der Waals surface area contributed by atoms with Crippen LogP contribution in [-0.2, 0) is 4.74 Å². The van der Waals surface area contributed by atoms with Crippen molar-refractivity contribution in [2.24, 2.45) is 0 Å². The van der Waals surface area contributed by atoms with Crippen molar-refractivity contribution < 1.29 is 14.6 Å². The Kier molecular flexibility index (Phi) is 7.48. The average molecular weight is 267 g/mol. The summed E-state index contributed by atoms with van der Waals surface area (Å²) in [5.41, 5.74) is 0. The molecule has 0 heterocycles. The molecule has 0 fully saturated rings. The van der Waals surface area contributed by atoms with Crippen LogP contribution < -0.4 is 4.74 Å². The van der Waals surface area contributed by atoms with Gasteiger partial charge in [-0.1, -0.05) is 18.2 Å². The summed E-state index contributed by atoms with van der Waals surface area (Å²) in [6, 6.07) is 9.73. The molecule has 1 rings (SSSR count). The highest BCUT2D eigenvalue weighted by Gasteiger charge is 2.09. The Balaban J connectivity index is 2.12. The molecular weight excluding hydrogens is 242 g/mol. The SMILES string of the molecule is CC(C)OC[C@@H](O)CN(C)CCOc1ccccc1. The van der Waals surface area contributed by atoms with Crippen molar-refractivity contribution in [2.45, 2.75) is 26.1 Å². The molecule has 0 aliphatic rings. The van der Waals surface area contributed by atoms with Gasteiger partial charge in [-0.2, -0.15) is 0 Å². The third-order valence-corrected chi connectivity index (χ3v) is 2.63. The number of hydrogen-bond acceptors (Lipinski definition) is 4. The monoisotopic (exact) mass is 267 g/mol. The Bertz CT molecular complexity index is 329. The number of rotatable bonds is 9. The van der Waals surface area contributed by atoms with Crippen LogP contribution in [0.3, 0.4) is 0 Å². The van der Waals surface area contributed by atoms with E-state index in [4.69, 9.17) is 9.47 Å². The molecule has 0 spiro atoms. The third kappa shape index (κ3) is 7.82. The first-order chi connectivity index (χ1) is 9.08. The number of aliphatic hydroxyl groups excluding tert-OH is 1. The quantitative estimate of drug-likeness (QED) is 0.740. The second kappa shape index (κ2) is 8.91. The van der Waals surface area contributed by atoms with Gasteiger partial charge in [0.15, 0.2) is 0 Å². The van der Waals surface area contributed by atoms with Crippen molar-refractivity contribution in [3.05, 3.63) is 30.3 Å². The van der Waals surface area contributed by atoms with Gasteiger partial charge in [-0.3, -0.25) is 0 Å². The molecular formula is C15H25NO3. The maximum atomic E-state index is 9.78. The van der Waals surface area contributed by atoms with E-state index < -0.39 is 6.10 Å². The maximum absolute atomic E-state index is 9.78. The van der Waals surface area contributed by atoms with E-state index >= 15 is 0 Å². The van der Waals surface area contributed by atoms with E-state index in [0.29, 0.717) is 19.8 Å². The number of likely N-dealkylation sites (N-methyl/N-ethyl adjacent to an activating group) is 1. The van der Waals surface area contributed by atoms with E-state index in [9.17, 15) is 5.11 Å². The first-order valence-corrected chi connectivity index (χ1v) is 6.74. The molecule has 0 aromatic heterocycles. The van der Waals surface area contributed by atoms with Crippen LogP contribution >= 0.6 is 0 Å². The summed E-state index contributed by atoms with van der Waals surface area (Å²) in [6.07, 6.45) is -0.300. The van der Waals surface area contributed by atoms with E-state index in [1.807, 2.05) is 56.1 Å².